The van der Waals surface area contributed by atoms with Gasteiger partial charge in [-0.05, 0) is 30.9 Å². The number of nitrogens with zero attached hydrogens (tertiary/aromatic N) is 1. The van der Waals surface area contributed by atoms with E-state index in [0.717, 1.165) is 17.5 Å². The van der Waals surface area contributed by atoms with Gasteiger partial charge in [0, 0.05) is 6.04 Å². The molecule has 2 atom stereocenters. The third-order valence-electron chi connectivity index (χ3n) is 4.03. The molecule has 0 spiro atoms. The van der Waals surface area contributed by atoms with E-state index in [1.54, 1.807) is 0 Å². The summed E-state index contributed by atoms with van der Waals surface area (Å²) in [6.45, 7) is 2.21. The van der Waals surface area contributed by atoms with Crippen molar-refractivity contribution in [2.45, 2.75) is 38.6 Å². The third-order valence-corrected chi connectivity index (χ3v) is 4.03. The summed E-state index contributed by atoms with van der Waals surface area (Å²) in [5.41, 5.74) is 1.74. The van der Waals surface area contributed by atoms with Gasteiger partial charge in [-0.1, -0.05) is 31.9 Å². The van der Waals surface area contributed by atoms with Crippen molar-refractivity contribution in [2.24, 2.45) is 5.92 Å². The number of nitrogens with one attached hydrogen (secondary N) is 2. The highest BCUT2D eigenvalue weighted by Gasteiger charge is 2.24. The number of rotatable bonds is 2. The zero-order valence-corrected chi connectivity index (χ0v) is 11.1. The molecule has 4 nitrogen and oxygen atoms in total. The van der Waals surface area contributed by atoms with Crippen LogP contribution in [-0.4, -0.2) is 21.9 Å². The fourth-order valence-corrected chi connectivity index (χ4v) is 2.83. The molecule has 0 aliphatic heterocycles. The normalized spacial score (nSPS) is 23.4. The molecule has 1 fully saturated rings. The van der Waals surface area contributed by atoms with E-state index < -0.39 is 0 Å². The monoisotopic (exact) mass is 257 g/mol. The molecule has 0 unspecified atom stereocenters. The van der Waals surface area contributed by atoms with Crippen molar-refractivity contribution >= 4 is 16.9 Å². The van der Waals surface area contributed by atoms with Gasteiger partial charge in [-0.3, -0.25) is 4.79 Å². The van der Waals surface area contributed by atoms with E-state index in [-0.39, 0.29) is 11.9 Å². The second-order valence-corrected chi connectivity index (χ2v) is 5.44. The lowest BCUT2D eigenvalue weighted by molar-refractivity contribution is 0.0901. The van der Waals surface area contributed by atoms with Gasteiger partial charge in [0.2, 0.25) is 0 Å². The first-order valence-electron chi connectivity index (χ1n) is 6.99. The van der Waals surface area contributed by atoms with Crippen LogP contribution in [0.4, 0.5) is 0 Å². The van der Waals surface area contributed by atoms with Gasteiger partial charge in [0.05, 0.1) is 11.0 Å². The number of hydrogen-bond donors (Lipinski definition) is 2. The molecular formula is C15H19N3O. The van der Waals surface area contributed by atoms with E-state index in [2.05, 4.69) is 22.2 Å². The molecule has 1 saturated carbocycles. The summed E-state index contributed by atoms with van der Waals surface area (Å²) in [5, 5.41) is 3.11. The summed E-state index contributed by atoms with van der Waals surface area (Å²) in [5.74, 6) is 0.885. The van der Waals surface area contributed by atoms with Crippen molar-refractivity contribution in [3.63, 3.8) is 0 Å². The molecule has 0 bridgehead atoms. The highest BCUT2D eigenvalue weighted by molar-refractivity contribution is 5.94. The Labute approximate surface area is 112 Å². The number of imidazole rings is 1. The zero-order chi connectivity index (χ0) is 13.2. The third kappa shape index (κ3) is 2.48. The number of carbonyl (C=O) groups is 1. The fraction of sp³-hybridized carbons (Fsp3) is 0.467. The summed E-state index contributed by atoms with van der Waals surface area (Å²) in [4.78, 5) is 19.6. The van der Waals surface area contributed by atoms with E-state index in [1.807, 2.05) is 24.3 Å². The van der Waals surface area contributed by atoms with Crippen molar-refractivity contribution < 1.29 is 4.79 Å². The molecular weight excluding hydrogens is 238 g/mol. The molecule has 2 N–H and O–H groups in total. The first kappa shape index (κ1) is 12.2. The van der Waals surface area contributed by atoms with Gasteiger partial charge < -0.3 is 10.3 Å². The summed E-state index contributed by atoms with van der Waals surface area (Å²) in [6.07, 6.45) is 4.76. The molecule has 0 saturated heterocycles. The molecule has 3 rings (SSSR count). The number of carbonyl (C=O) groups excluding carboxylic acids is 1. The van der Waals surface area contributed by atoms with Crippen LogP contribution in [0.3, 0.4) is 0 Å². The second-order valence-electron chi connectivity index (χ2n) is 5.44. The predicted molar refractivity (Wildman–Crippen MR) is 75.0 cm³/mol. The Balaban J connectivity index is 1.76. The lowest BCUT2D eigenvalue weighted by atomic mass is 9.86. The predicted octanol–water partition coefficient (Wildman–Crippen LogP) is 2.87. The van der Waals surface area contributed by atoms with Gasteiger partial charge in [0.15, 0.2) is 5.82 Å². The number of aromatic amines is 1. The van der Waals surface area contributed by atoms with Crippen LogP contribution in [-0.2, 0) is 0 Å². The van der Waals surface area contributed by atoms with Crippen molar-refractivity contribution in [1.82, 2.24) is 15.3 Å². The number of amides is 1. The Hall–Kier alpha value is -1.84. The summed E-state index contributed by atoms with van der Waals surface area (Å²) < 4.78 is 0. The Kier molecular flexibility index (Phi) is 3.23. The van der Waals surface area contributed by atoms with Gasteiger partial charge in [-0.2, -0.15) is 0 Å². The fourth-order valence-electron chi connectivity index (χ4n) is 2.83. The minimum absolute atomic E-state index is 0.0880. The van der Waals surface area contributed by atoms with E-state index in [9.17, 15) is 4.79 Å². The van der Waals surface area contributed by atoms with Crippen LogP contribution in [0.1, 0.15) is 43.2 Å². The zero-order valence-electron chi connectivity index (χ0n) is 11.1. The average Bonchev–Trinajstić information content (AvgIpc) is 2.85. The number of hydrogen-bond acceptors (Lipinski definition) is 2. The van der Waals surface area contributed by atoms with Crippen LogP contribution in [0.2, 0.25) is 0 Å². The summed E-state index contributed by atoms with van der Waals surface area (Å²) >= 11 is 0. The van der Waals surface area contributed by atoms with Crippen LogP contribution in [0.5, 0.6) is 0 Å². The topological polar surface area (TPSA) is 57.8 Å². The van der Waals surface area contributed by atoms with E-state index >= 15 is 0 Å². The first-order valence-corrected chi connectivity index (χ1v) is 6.99. The van der Waals surface area contributed by atoms with Gasteiger partial charge >= 0.3 is 0 Å². The first-order chi connectivity index (χ1) is 9.24. The summed E-state index contributed by atoms with van der Waals surface area (Å²) in [7, 11) is 0. The largest absolute Gasteiger partial charge is 0.346 e. The Morgan fingerprint density at radius 1 is 1.32 bits per heavy atom. The molecule has 0 radical (unpaired) electrons. The van der Waals surface area contributed by atoms with Crippen LogP contribution in [0.25, 0.3) is 11.0 Å². The maximum atomic E-state index is 12.2. The average molecular weight is 257 g/mol. The van der Waals surface area contributed by atoms with E-state index in [4.69, 9.17) is 0 Å². The molecule has 1 aromatic heterocycles. The number of aromatic nitrogens is 2. The Bertz CT molecular complexity index is 557. The lowest BCUT2D eigenvalue weighted by Gasteiger charge is -2.29. The maximum Gasteiger partial charge on any atom is 0.287 e. The number of benzene rings is 1. The number of fused-ring (bicyclic) bond motifs is 1. The number of para-hydroxylation sites is 2. The van der Waals surface area contributed by atoms with Crippen molar-refractivity contribution in [3.05, 3.63) is 30.1 Å². The molecule has 1 aromatic carbocycles. The number of H-pyrrole nitrogens is 1. The molecule has 2 aromatic rings. The van der Waals surface area contributed by atoms with Gasteiger partial charge in [-0.25, -0.2) is 4.98 Å². The van der Waals surface area contributed by atoms with Gasteiger partial charge in [-0.15, -0.1) is 0 Å². The minimum atomic E-state index is -0.0880. The lowest BCUT2D eigenvalue weighted by Crippen LogP contribution is -2.41. The second kappa shape index (κ2) is 5.03. The molecule has 100 valence electrons. The molecule has 1 aliphatic rings. The smallest absolute Gasteiger partial charge is 0.287 e. The van der Waals surface area contributed by atoms with Crippen LogP contribution in [0, 0.1) is 5.92 Å². The maximum absolute atomic E-state index is 12.2. The highest BCUT2D eigenvalue weighted by atomic mass is 16.2. The molecule has 1 heterocycles. The molecule has 1 amide bonds. The SMILES string of the molecule is C[C@@H]1CCCC[C@@H]1NC(=O)c1nc2ccccc2[nH]1. The van der Waals surface area contributed by atoms with Crippen LogP contribution in [0.15, 0.2) is 24.3 Å². The van der Waals surface area contributed by atoms with Crippen molar-refractivity contribution in [3.8, 4) is 0 Å². The Morgan fingerprint density at radius 3 is 2.89 bits per heavy atom. The van der Waals surface area contributed by atoms with Crippen LogP contribution >= 0.6 is 0 Å². The standard InChI is InChI=1S/C15H19N3O/c1-10-6-2-3-7-11(10)18-15(19)14-16-12-8-4-5-9-13(12)17-14/h4-5,8-11H,2-3,6-7H2,1H3,(H,16,17)(H,18,19)/t10-,11+/m1/s1. The molecule has 1 aliphatic carbocycles. The quantitative estimate of drug-likeness (QED) is 0.869. The Morgan fingerprint density at radius 2 is 2.11 bits per heavy atom. The van der Waals surface area contributed by atoms with Crippen molar-refractivity contribution in [2.75, 3.05) is 0 Å². The van der Waals surface area contributed by atoms with E-state index in [0.29, 0.717) is 11.7 Å². The highest BCUT2D eigenvalue weighted by Crippen LogP contribution is 2.24. The molecule has 19 heavy (non-hydrogen) atoms. The van der Waals surface area contributed by atoms with Gasteiger partial charge in [0.25, 0.3) is 5.91 Å². The van der Waals surface area contributed by atoms with Crippen molar-refractivity contribution in [1.29, 1.82) is 0 Å². The summed E-state index contributed by atoms with van der Waals surface area (Å²) in [6, 6.07) is 7.99. The van der Waals surface area contributed by atoms with E-state index in [1.165, 1.54) is 19.3 Å². The minimum Gasteiger partial charge on any atom is -0.346 e. The molecule has 4 heteroatoms. The van der Waals surface area contributed by atoms with Crippen LogP contribution < -0.4 is 5.32 Å². The van der Waals surface area contributed by atoms with Gasteiger partial charge in [0.1, 0.15) is 0 Å².